The summed E-state index contributed by atoms with van der Waals surface area (Å²) < 4.78 is 5.04. The number of nitrogen functional groups attached to an aromatic ring is 1. The van der Waals surface area contributed by atoms with Gasteiger partial charge < -0.3 is 15.5 Å². The Morgan fingerprint density at radius 1 is 1.46 bits per heavy atom. The Morgan fingerprint density at radius 2 is 2.15 bits per heavy atom. The number of carbonyl (C=O) groups excluding carboxylic acids is 2. The van der Waals surface area contributed by atoms with Crippen LogP contribution in [0.25, 0.3) is 0 Å². The van der Waals surface area contributed by atoms with Gasteiger partial charge in [-0.25, -0.2) is 14.8 Å². The zero-order valence-corrected chi connectivity index (χ0v) is 15.7. The third-order valence-corrected chi connectivity index (χ3v) is 4.71. The van der Waals surface area contributed by atoms with E-state index in [1.165, 1.54) is 6.20 Å². The van der Waals surface area contributed by atoms with Crippen molar-refractivity contribution in [2.45, 2.75) is 38.1 Å². The Morgan fingerprint density at radius 3 is 2.73 bits per heavy atom. The van der Waals surface area contributed by atoms with Crippen molar-refractivity contribution in [2.24, 2.45) is 0 Å². The summed E-state index contributed by atoms with van der Waals surface area (Å²) in [4.78, 5) is 35.9. The van der Waals surface area contributed by atoms with Crippen molar-refractivity contribution in [1.82, 2.24) is 15.0 Å². The van der Waals surface area contributed by atoms with Crippen molar-refractivity contribution < 1.29 is 14.3 Å². The van der Waals surface area contributed by atoms with Crippen molar-refractivity contribution in [3.8, 4) is 6.07 Å². The average molecular weight is 373 g/mol. The molecule has 26 heavy (non-hydrogen) atoms. The second-order valence-corrected chi connectivity index (χ2v) is 6.84. The van der Waals surface area contributed by atoms with E-state index in [0.717, 1.165) is 11.8 Å². The molecule has 0 amide bonds. The summed E-state index contributed by atoms with van der Waals surface area (Å²) in [6.07, 6.45) is 1.32. The van der Waals surface area contributed by atoms with Crippen LogP contribution < -0.4 is 5.73 Å². The van der Waals surface area contributed by atoms with E-state index in [4.69, 9.17) is 15.7 Å². The molecule has 2 aromatic heterocycles. The smallest absolute Gasteiger partial charge is 0.340 e. The number of hydrogen-bond donors (Lipinski definition) is 2. The van der Waals surface area contributed by atoms with Crippen LogP contribution in [0.15, 0.2) is 11.4 Å². The van der Waals surface area contributed by atoms with Gasteiger partial charge in [0.05, 0.1) is 29.3 Å². The highest BCUT2D eigenvalue weighted by Crippen LogP contribution is 2.27. The van der Waals surface area contributed by atoms with Gasteiger partial charge in [-0.05, 0) is 33.3 Å². The van der Waals surface area contributed by atoms with Gasteiger partial charge in [0.15, 0.2) is 10.9 Å². The topological polar surface area (TPSA) is 135 Å². The van der Waals surface area contributed by atoms with Gasteiger partial charge in [-0.2, -0.15) is 5.26 Å². The highest BCUT2D eigenvalue weighted by atomic mass is 32.2. The normalized spacial score (nSPS) is 11.7. The molecule has 0 aromatic carbocycles. The van der Waals surface area contributed by atoms with E-state index in [2.05, 4.69) is 15.0 Å². The molecule has 0 bridgehead atoms. The number of nitrogens with zero attached hydrogens (tertiary/aromatic N) is 3. The number of thioether (sulfide) groups is 1. The first-order valence-electron chi connectivity index (χ1n) is 7.89. The number of hydrogen-bond acceptors (Lipinski definition) is 8. The minimum absolute atomic E-state index is 0.0705. The quantitative estimate of drug-likeness (QED) is 0.341. The van der Waals surface area contributed by atoms with Crippen LogP contribution in [-0.2, 0) is 4.74 Å². The zero-order valence-electron chi connectivity index (χ0n) is 14.9. The number of ether oxygens (including phenoxy) is 1. The summed E-state index contributed by atoms with van der Waals surface area (Å²) in [7, 11) is 0. The SMILES string of the molecule is CCOC(=O)c1c(C)[nH]c(C(=O)C(C)Sc2ncc(C#N)c(N)n2)c1C. The second kappa shape index (κ2) is 8.01. The zero-order chi connectivity index (χ0) is 19.4. The number of aromatic nitrogens is 3. The average Bonchev–Trinajstić information content (AvgIpc) is 2.89. The Hall–Kier alpha value is -2.86. The molecule has 1 unspecified atom stereocenters. The Bertz CT molecular complexity index is 901. The van der Waals surface area contributed by atoms with Crippen molar-refractivity contribution in [3.63, 3.8) is 0 Å². The molecule has 0 radical (unpaired) electrons. The van der Waals surface area contributed by atoms with Gasteiger partial charge in [0.2, 0.25) is 0 Å². The fourth-order valence-electron chi connectivity index (χ4n) is 2.44. The highest BCUT2D eigenvalue weighted by molar-refractivity contribution is 8.00. The molecule has 2 rings (SSSR count). The van der Waals surface area contributed by atoms with E-state index in [1.807, 2.05) is 6.07 Å². The number of nitrogens with two attached hydrogens (primary N) is 1. The maximum Gasteiger partial charge on any atom is 0.340 e. The maximum atomic E-state index is 12.8. The van der Waals surface area contributed by atoms with Gasteiger partial charge in [-0.15, -0.1) is 0 Å². The summed E-state index contributed by atoms with van der Waals surface area (Å²) in [6, 6.07) is 1.89. The molecule has 136 valence electrons. The fourth-order valence-corrected chi connectivity index (χ4v) is 3.25. The third kappa shape index (κ3) is 3.86. The molecule has 2 aromatic rings. The molecule has 0 spiro atoms. The van der Waals surface area contributed by atoms with Gasteiger partial charge >= 0.3 is 5.97 Å². The molecule has 0 aliphatic heterocycles. The predicted octanol–water partition coefficient (Wildman–Crippen LogP) is 2.42. The van der Waals surface area contributed by atoms with E-state index in [9.17, 15) is 9.59 Å². The Kier molecular flexibility index (Phi) is 6.00. The lowest BCUT2D eigenvalue weighted by atomic mass is 10.1. The highest BCUT2D eigenvalue weighted by Gasteiger charge is 2.26. The standard InChI is InChI=1S/C17H19N5O3S/c1-5-25-16(24)12-8(2)13(21-9(12)3)14(23)10(4)26-17-20-7-11(6-18)15(19)22-17/h7,10,21H,5H2,1-4H3,(H2,19,20,22). The van der Waals surface area contributed by atoms with E-state index in [-0.39, 0.29) is 23.8 Å². The van der Waals surface area contributed by atoms with Crippen molar-refractivity contribution in [1.29, 1.82) is 5.26 Å². The monoisotopic (exact) mass is 373 g/mol. The molecule has 0 aliphatic carbocycles. The molecule has 8 nitrogen and oxygen atoms in total. The summed E-state index contributed by atoms with van der Waals surface area (Å²) in [5, 5.41) is 8.64. The number of carbonyl (C=O) groups is 2. The van der Waals surface area contributed by atoms with E-state index in [1.54, 1.807) is 27.7 Å². The van der Waals surface area contributed by atoms with E-state index >= 15 is 0 Å². The molecule has 0 saturated heterocycles. The van der Waals surface area contributed by atoms with E-state index in [0.29, 0.717) is 27.7 Å². The van der Waals surface area contributed by atoms with Crippen LogP contribution in [0.4, 0.5) is 5.82 Å². The number of rotatable bonds is 6. The molecular weight excluding hydrogens is 354 g/mol. The number of H-pyrrole nitrogens is 1. The van der Waals surface area contributed by atoms with E-state index < -0.39 is 11.2 Å². The Labute approximate surface area is 155 Å². The molecule has 0 aliphatic rings. The van der Waals surface area contributed by atoms with Gasteiger partial charge in [-0.1, -0.05) is 11.8 Å². The van der Waals surface area contributed by atoms with Gasteiger partial charge in [-0.3, -0.25) is 4.79 Å². The molecular formula is C17H19N5O3S. The van der Waals surface area contributed by atoms with Crippen LogP contribution in [-0.4, -0.2) is 38.6 Å². The van der Waals surface area contributed by atoms with Crippen LogP contribution in [0.2, 0.25) is 0 Å². The maximum absolute atomic E-state index is 12.8. The third-order valence-electron chi connectivity index (χ3n) is 3.73. The molecule has 2 heterocycles. The number of Topliss-reactive ketones (excluding diaryl/α,β-unsaturated/α-hetero) is 1. The fraction of sp³-hybridized carbons (Fsp3) is 0.353. The van der Waals surface area contributed by atoms with Gasteiger partial charge in [0.1, 0.15) is 17.5 Å². The van der Waals surface area contributed by atoms with Gasteiger partial charge in [0.25, 0.3) is 0 Å². The van der Waals surface area contributed by atoms with Crippen LogP contribution in [0.5, 0.6) is 0 Å². The second-order valence-electron chi connectivity index (χ2n) is 5.53. The first-order chi connectivity index (χ1) is 12.3. The van der Waals surface area contributed by atoms with Gasteiger partial charge in [0, 0.05) is 5.69 Å². The molecule has 1 atom stereocenters. The summed E-state index contributed by atoms with van der Waals surface area (Å²) in [5.74, 6) is -0.583. The summed E-state index contributed by atoms with van der Waals surface area (Å²) >= 11 is 1.12. The number of aryl methyl sites for hydroxylation is 1. The van der Waals surface area contributed by atoms with Crippen molar-refractivity contribution >= 4 is 29.3 Å². The minimum atomic E-state index is -0.519. The van der Waals surface area contributed by atoms with Crippen molar-refractivity contribution in [2.75, 3.05) is 12.3 Å². The van der Waals surface area contributed by atoms with Crippen LogP contribution in [0.1, 0.15) is 51.5 Å². The van der Waals surface area contributed by atoms with Crippen LogP contribution >= 0.6 is 11.8 Å². The summed E-state index contributed by atoms with van der Waals surface area (Å²) in [6.45, 7) is 7.12. The molecule has 0 fully saturated rings. The number of ketones is 1. The largest absolute Gasteiger partial charge is 0.462 e. The lowest BCUT2D eigenvalue weighted by Crippen LogP contribution is -2.16. The number of aromatic amines is 1. The molecule has 0 saturated carbocycles. The predicted molar refractivity (Wildman–Crippen MR) is 97.0 cm³/mol. The minimum Gasteiger partial charge on any atom is -0.462 e. The molecule has 3 N–H and O–H groups in total. The number of nitriles is 1. The lowest BCUT2D eigenvalue weighted by molar-refractivity contribution is 0.0525. The number of anilines is 1. The van der Waals surface area contributed by atoms with Crippen LogP contribution in [0.3, 0.4) is 0 Å². The number of esters is 1. The van der Waals surface area contributed by atoms with Crippen LogP contribution in [0, 0.1) is 25.2 Å². The first kappa shape index (κ1) is 19.5. The van der Waals surface area contributed by atoms with Crippen molar-refractivity contribution in [3.05, 3.63) is 34.3 Å². The lowest BCUT2D eigenvalue weighted by Gasteiger charge is -2.09. The number of nitrogens with one attached hydrogen (secondary N) is 1. The first-order valence-corrected chi connectivity index (χ1v) is 8.77. The Balaban J connectivity index is 2.23. The molecule has 9 heteroatoms. The summed E-state index contributed by atoms with van der Waals surface area (Å²) in [5.41, 5.74) is 7.73.